The molecule has 1 aliphatic rings. The fraction of sp³-hybridized carbons (Fsp3) is 0.323. The van der Waals surface area contributed by atoms with Gasteiger partial charge in [-0.15, -0.1) is 11.3 Å². The summed E-state index contributed by atoms with van der Waals surface area (Å²) in [5.41, 5.74) is 16.6. The summed E-state index contributed by atoms with van der Waals surface area (Å²) in [6, 6.07) is 16.0. The predicted molar refractivity (Wildman–Crippen MR) is 168 cm³/mol. The number of aryl methyl sites for hydroxylation is 1. The molecule has 5 N–H and O–H groups in total. The van der Waals surface area contributed by atoms with Gasteiger partial charge in [-0.3, -0.25) is 19.3 Å². The van der Waals surface area contributed by atoms with E-state index in [1.807, 2.05) is 30.3 Å². The van der Waals surface area contributed by atoms with Gasteiger partial charge in [-0.05, 0) is 59.5 Å². The van der Waals surface area contributed by atoms with Gasteiger partial charge in [0.2, 0.25) is 0 Å². The van der Waals surface area contributed by atoms with Crippen molar-refractivity contribution in [2.45, 2.75) is 45.0 Å². The zero-order valence-corrected chi connectivity index (χ0v) is 24.9. The summed E-state index contributed by atoms with van der Waals surface area (Å²) in [7, 11) is 1.64. The van der Waals surface area contributed by atoms with E-state index < -0.39 is 11.2 Å². The molecule has 0 radical (unpaired) electrons. The van der Waals surface area contributed by atoms with Crippen LogP contribution in [0.25, 0.3) is 10.4 Å². The minimum atomic E-state index is -1.04. The Bertz CT molecular complexity index is 1620. The maximum absolute atomic E-state index is 13.2. The molecule has 0 atom stereocenters. The van der Waals surface area contributed by atoms with Crippen LogP contribution in [-0.2, 0) is 19.6 Å². The van der Waals surface area contributed by atoms with Crippen LogP contribution in [0.4, 0.5) is 5.69 Å². The summed E-state index contributed by atoms with van der Waals surface area (Å²) in [6.07, 6.45) is 2.48. The smallest absolute Gasteiger partial charge is 0.277 e. The van der Waals surface area contributed by atoms with Crippen molar-refractivity contribution < 1.29 is 5.11 Å². The molecule has 1 saturated heterocycles. The first kappa shape index (κ1) is 29.2. The molecule has 41 heavy (non-hydrogen) atoms. The fourth-order valence-corrected chi connectivity index (χ4v) is 6.37. The van der Waals surface area contributed by atoms with E-state index in [9.17, 15) is 9.90 Å². The topological polar surface area (TPSA) is 123 Å². The van der Waals surface area contributed by atoms with Crippen LogP contribution in [0.2, 0.25) is 5.02 Å². The third kappa shape index (κ3) is 6.45. The van der Waals surface area contributed by atoms with Crippen molar-refractivity contribution in [3.63, 3.8) is 0 Å². The Labute approximate surface area is 248 Å². The molecule has 2 aromatic carbocycles. The number of nitrogens with two attached hydrogens (primary N) is 2. The zero-order chi connectivity index (χ0) is 29.1. The fourth-order valence-electron chi connectivity index (χ4n) is 5.23. The molecular formula is C31H35ClN6O2S. The van der Waals surface area contributed by atoms with Crippen molar-refractivity contribution in [3.8, 4) is 10.4 Å². The molecule has 10 heteroatoms. The number of thiophene rings is 1. The first-order valence-corrected chi connectivity index (χ1v) is 14.9. The maximum Gasteiger partial charge on any atom is 0.277 e. The number of hydrogen-bond donors (Lipinski definition) is 3. The summed E-state index contributed by atoms with van der Waals surface area (Å²) in [4.78, 5) is 25.5. The van der Waals surface area contributed by atoms with Gasteiger partial charge in [0.1, 0.15) is 11.4 Å². The highest BCUT2D eigenvalue weighted by molar-refractivity contribution is 7.13. The number of likely N-dealkylation sites (tertiary alicyclic amines) is 1. The Morgan fingerprint density at radius 2 is 1.90 bits per heavy atom. The molecule has 3 heterocycles. The lowest BCUT2D eigenvalue weighted by atomic mass is 9.91. The summed E-state index contributed by atoms with van der Waals surface area (Å²) >= 11 is 8.37. The largest absolute Gasteiger partial charge is 0.392 e. The second-order valence-electron chi connectivity index (χ2n) is 10.7. The lowest BCUT2D eigenvalue weighted by Crippen LogP contribution is -2.48. The normalized spacial score (nSPS) is 15.8. The summed E-state index contributed by atoms with van der Waals surface area (Å²) in [6.45, 7) is 4.71. The van der Waals surface area contributed by atoms with E-state index in [2.05, 4.69) is 45.4 Å². The number of benzene rings is 2. The highest BCUT2D eigenvalue weighted by atomic mass is 35.5. The highest BCUT2D eigenvalue weighted by Gasteiger charge is 2.33. The highest BCUT2D eigenvalue weighted by Crippen LogP contribution is 2.32. The minimum absolute atomic E-state index is 0.00725. The lowest BCUT2D eigenvalue weighted by molar-refractivity contribution is -0.0365. The Hall–Kier alpha value is -3.34. The van der Waals surface area contributed by atoms with Crippen molar-refractivity contribution in [2.75, 3.05) is 25.9 Å². The van der Waals surface area contributed by atoms with E-state index in [1.165, 1.54) is 21.3 Å². The Kier molecular flexibility index (Phi) is 8.72. The third-order valence-corrected chi connectivity index (χ3v) is 9.15. The zero-order valence-electron chi connectivity index (χ0n) is 23.3. The van der Waals surface area contributed by atoms with E-state index in [4.69, 9.17) is 23.1 Å². The van der Waals surface area contributed by atoms with Crippen LogP contribution in [0.5, 0.6) is 0 Å². The molecule has 1 aliphatic heterocycles. The SMILES string of the molecule is CN=C(c1ccc(CN)cc1)c1ncn(CC2(O)CCN(Cc3ccc(-c4cc(C)cs4)cc3Cl)CC2)c(=O)c1N. The summed E-state index contributed by atoms with van der Waals surface area (Å²) in [5.74, 6) is 0. The van der Waals surface area contributed by atoms with Gasteiger partial charge in [-0.25, -0.2) is 4.98 Å². The van der Waals surface area contributed by atoms with Gasteiger partial charge in [0.25, 0.3) is 5.56 Å². The van der Waals surface area contributed by atoms with E-state index in [0.29, 0.717) is 50.4 Å². The van der Waals surface area contributed by atoms with Gasteiger partial charge in [0.15, 0.2) is 0 Å². The van der Waals surface area contributed by atoms with Crippen LogP contribution >= 0.6 is 22.9 Å². The molecule has 0 amide bonds. The predicted octanol–water partition coefficient (Wildman–Crippen LogP) is 4.47. The first-order valence-electron chi connectivity index (χ1n) is 13.6. The monoisotopic (exact) mass is 590 g/mol. The summed E-state index contributed by atoms with van der Waals surface area (Å²) in [5, 5.41) is 14.3. The van der Waals surface area contributed by atoms with Crippen molar-refractivity contribution in [1.82, 2.24) is 14.5 Å². The molecule has 0 saturated carbocycles. The number of aliphatic hydroxyl groups is 1. The number of anilines is 1. The number of nitrogen functional groups attached to an aromatic ring is 1. The molecule has 0 bridgehead atoms. The van der Waals surface area contributed by atoms with Gasteiger partial charge in [-0.2, -0.15) is 0 Å². The number of piperidine rings is 1. The lowest BCUT2D eigenvalue weighted by Gasteiger charge is -2.38. The van der Waals surface area contributed by atoms with E-state index in [1.54, 1.807) is 18.4 Å². The molecule has 0 spiro atoms. The van der Waals surface area contributed by atoms with Crippen molar-refractivity contribution in [2.24, 2.45) is 10.7 Å². The van der Waals surface area contributed by atoms with Gasteiger partial charge in [-0.1, -0.05) is 48.0 Å². The molecule has 5 rings (SSSR count). The molecule has 0 unspecified atom stereocenters. The Morgan fingerprint density at radius 1 is 1.17 bits per heavy atom. The van der Waals surface area contributed by atoms with Crippen LogP contribution < -0.4 is 17.0 Å². The van der Waals surface area contributed by atoms with Crippen LogP contribution in [0.1, 0.15) is 40.8 Å². The van der Waals surface area contributed by atoms with Crippen molar-refractivity contribution in [1.29, 1.82) is 0 Å². The van der Waals surface area contributed by atoms with Gasteiger partial charge >= 0.3 is 0 Å². The molecule has 0 aliphatic carbocycles. The average Bonchev–Trinajstić information content (AvgIpc) is 3.41. The molecular weight excluding hydrogens is 556 g/mol. The van der Waals surface area contributed by atoms with Gasteiger partial charge < -0.3 is 16.6 Å². The van der Waals surface area contributed by atoms with E-state index in [-0.39, 0.29) is 12.2 Å². The number of aromatic nitrogens is 2. The quantitative estimate of drug-likeness (QED) is 0.260. The van der Waals surface area contributed by atoms with Crippen LogP contribution in [-0.4, -0.2) is 51.0 Å². The van der Waals surface area contributed by atoms with E-state index in [0.717, 1.165) is 27.3 Å². The second kappa shape index (κ2) is 12.3. The number of nitrogens with zero attached hydrogens (tertiary/aromatic N) is 4. The summed E-state index contributed by atoms with van der Waals surface area (Å²) < 4.78 is 1.40. The van der Waals surface area contributed by atoms with Crippen molar-refractivity contribution in [3.05, 3.63) is 104 Å². The minimum Gasteiger partial charge on any atom is -0.392 e. The van der Waals surface area contributed by atoms with Crippen LogP contribution in [0.15, 0.2) is 70.0 Å². The molecule has 4 aromatic rings. The average molecular weight is 591 g/mol. The van der Waals surface area contributed by atoms with Crippen molar-refractivity contribution >= 4 is 34.3 Å². The third-order valence-electron chi connectivity index (χ3n) is 7.70. The standard InChI is InChI=1S/C31H35ClN6O2S/c1-20-13-26(41-17-20)23-7-8-24(25(32)14-23)16-37-11-9-31(40,10-12-37)18-38-19-36-29(27(34)30(38)39)28(35-2)22-5-3-21(15-33)4-6-22/h3-8,13-14,17,19,40H,9-12,15-16,18,33-34H2,1-2H3. The molecule has 214 valence electrons. The number of hydrogen-bond acceptors (Lipinski definition) is 8. The number of halogens is 1. The van der Waals surface area contributed by atoms with Crippen LogP contribution in [0, 0.1) is 6.92 Å². The molecule has 1 fully saturated rings. The maximum atomic E-state index is 13.2. The second-order valence-corrected chi connectivity index (χ2v) is 12.0. The molecule has 8 nitrogen and oxygen atoms in total. The van der Waals surface area contributed by atoms with Crippen LogP contribution in [0.3, 0.4) is 0 Å². The number of aliphatic imine (C=N–C) groups is 1. The van der Waals surface area contributed by atoms with Gasteiger partial charge in [0, 0.05) is 48.7 Å². The Balaban J connectivity index is 1.24. The number of rotatable bonds is 8. The Morgan fingerprint density at radius 3 is 2.51 bits per heavy atom. The first-order chi connectivity index (χ1) is 19.7. The molecule has 2 aromatic heterocycles. The van der Waals surface area contributed by atoms with Gasteiger partial charge in [0.05, 0.1) is 24.2 Å². The van der Waals surface area contributed by atoms with E-state index >= 15 is 0 Å².